The standard InChI is InChI=1S/C21H26N4O3/c26-20-7-6-16-13-24(21(27)14-28-18-4-2-1-3-5-18)10-9-19(16)25(20)11-8-17-12-22-15-23-17/h1-5,12,15-16,19H,6-11,13-14H2,(H,22,23)/t16-,19+/m1/s1. The molecule has 1 aromatic heterocycles. The van der Waals surface area contributed by atoms with E-state index in [9.17, 15) is 9.59 Å². The molecular weight excluding hydrogens is 356 g/mol. The zero-order valence-corrected chi connectivity index (χ0v) is 15.9. The number of nitrogens with zero attached hydrogens (tertiary/aromatic N) is 3. The second kappa shape index (κ2) is 8.46. The van der Waals surface area contributed by atoms with Gasteiger partial charge in [-0.05, 0) is 30.9 Å². The Morgan fingerprint density at radius 3 is 2.89 bits per heavy atom. The summed E-state index contributed by atoms with van der Waals surface area (Å²) >= 11 is 0. The Hall–Kier alpha value is -2.83. The average molecular weight is 382 g/mol. The molecule has 148 valence electrons. The van der Waals surface area contributed by atoms with Crippen molar-refractivity contribution >= 4 is 11.8 Å². The third kappa shape index (κ3) is 4.18. The normalized spacial score (nSPS) is 22.1. The van der Waals surface area contributed by atoms with Crippen molar-refractivity contribution < 1.29 is 14.3 Å². The van der Waals surface area contributed by atoms with Gasteiger partial charge < -0.3 is 19.5 Å². The lowest BCUT2D eigenvalue weighted by molar-refractivity contribution is -0.144. The molecule has 0 unspecified atom stereocenters. The van der Waals surface area contributed by atoms with Gasteiger partial charge in [-0.25, -0.2) is 4.98 Å². The van der Waals surface area contributed by atoms with Gasteiger partial charge in [0.15, 0.2) is 6.61 Å². The highest BCUT2D eigenvalue weighted by Gasteiger charge is 2.40. The zero-order chi connectivity index (χ0) is 19.3. The first-order chi connectivity index (χ1) is 13.7. The summed E-state index contributed by atoms with van der Waals surface area (Å²) in [5.74, 6) is 1.30. The smallest absolute Gasteiger partial charge is 0.260 e. The number of H-pyrrole nitrogens is 1. The molecule has 28 heavy (non-hydrogen) atoms. The highest BCUT2D eigenvalue weighted by atomic mass is 16.5. The highest BCUT2D eigenvalue weighted by molar-refractivity contribution is 5.79. The predicted octanol–water partition coefficient (Wildman–Crippen LogP) is 1.87. The molecule has 1 N–H and O–H groups in total. The number of ether oxygens (including phenoxy) is 1. The fourth-order valence-corrected chi connectivity index (χ4v) is 4.28. The molecule has 0 saturated carbocycles. The largest absolute Gasteiger partial charge is 0.484 e. The topological polar surface area (TPSA) is 78.5 Å². The minimum Gasteiger partial charge on any atom is -0.484 e. The summed E-state index contributed by atoms with van der Waals surface area (Å²) in [4.78, 5) is 36.1. The second-order valence-electron chi connectivity index (χ2n) is 7.51. The molecule has 2 saturated heterocycles. The van der Waals surface area contributed by atoms with Crippen LogP contribution in [0.5, 0.6) is 5.75 Å². The molecule has 2 aliphatic heterocycles. The van der Waals surface area contributed by atoms with Crippen LogP contribution in [0.15, 0.2) is 42.9 Å². The van der Waals surface area contributed by atoms with Crippen LogP contribution < -0.4 is 4.74 Å². The van der Waals surface area contributed by atoms with Gasteiger partial charge in [-0.15, -0.1) is 0 Å². The number of hydrogen-bond acceptors (Lipinski definition) is 4. The van der Waals surface area contributed by atoms with Gasteiger partial charge in [-0.2, -0.15) is 0 Å². The van der Waals surface area contributed by atoms with E-state index in [1.165, 1.54) is 0 Å². The van der Waals surface area contributed by atoms with Crippen LogP contribution in [0.3, 0.4) is 0 Å². The molecule has 0 aliphatic carbocycles. The van der Waals surface area contributed by atoms with Gasteiger partial charge in [-0.1, -0.05) is 18.2 Å². The summed E-state index contributed by atoms with van der Waals surface area (Å²) in [6, 6.07) is 9.63. The fraction of sp³-hybridized carbons (Fsp3) is 0.476. The van der Waals surface area contributed by atoms with Crippen molar-refractivity contribution in [2.75, 3.05) is 26.2 Å². The number of carbonyl (C=O) groups excluding carboxylic acids is 2. The summed E-state index contributed by atoms with van der Waals surface area (Å²) in [5, 5.41) is 0. The summed E-state index contributed by atoms with van der Waals surface area (Å²) in [5.41, 5.74) is 1.04. The van der Waals surface area contributed by atoms with Crippen molar-refractivity contribution in [2.45, 2.75) is 31.7 Å². The van der Waals surface area contributed by atoms with E-state index >= 15 is 0 Å². The van der Waals surface area contributed by atoms with E-state index < -0.39 is 0 Å². The molecule has 0 spiro atoms. The number of rotatable bonds is 6. The Kier molecular flexibility index (Phi) is 5.60. The average Bonchev–Trinajstić information content (AvgIpc) is 3.25. The van der Waals surface area contributed by atoms with E-state index in [0.717, 1.165) is 25.0 Å². The van der Waals surface area contributed by atoms with E-state index in [4.69, 9.17) is 4.74 Å². The Morgan fingerprint density at radius 2 is 2.11 bits per heavy atom. The molecule has 7 nitrogen and oxygen atoms in total. The molecule has 1 aromatic carbocycles. The molecular formula is C21H26N4O3. The molecule has 7 heteroatoms. The Labute approximate surface area is 164 Å². The number of hydrogen-bond donors (Lipinski definition) is 1. The minimum atomic E-state index is 0.0169. The second-order valence-corrected chi connectivity index (χ2v) is 7.51. The number of imidazole rings is 1. The molecule has 2 amide bonds. The van der Waals surface area contributed by atoms with Crippen LogP contribution in [0.1, 0.15) is 25.0 Å². The number of carbonyl (C=O) groups is 2. The van der Waals surface area contributed by atoms with Crippen molar-refractivity contribution in [2.24, 2.45) is 5.92 Å². The van der Waals surface area contributed by atoms with Crippen LogP contribution in [-0.4, -0.2) is 63.9 Å². The number of fused-ring (bicyclic) bond motifs is 1. The number of amides is 2. The SMILES string of the molecule is O=C(COc1ccccc1)N1CC[C@H]2[C@H](CCC(=O)N2CCc2cnc[nH]2)C1. The summed E-state index contributed by atoms with van der Waals surface area (Å²) in [7, 11) is 0. The number of aromatic nitrogens is 2. The zero-order valence-electron chi connectivity index (χ0n) is 15.9. The molecule has 2 aliphatic rings. The quantitative estimate of drug-likeness (QED) is 0.827. The van der Waals surface area contributed by atoms with Crippen LogP contribution >= 0.6 is 0 Å². The van der Waals surface area contributed by atoms with E-state index in [0.29, 0.717) is 37.7 Å². The number of para-hydroxylation sites is 1. The first kappa shape index (κ1) is 18.5. The van der Waals surface area contributed by atoms with Gasteiger partial charge in [0.2, 0.25) is 5.91 Å². The number of likely N-dealkylation sites (tertiary alicyclic amines) is 2. The maximum atomic E-state index is 12.6. The van der Waals surface area contributed by atoms with Crippen LogP contribution in [0.25, 0.3) is 0 Å². The molecule has 2 atom stereocenters. The summed E-state index contributed by atoms with van der Waals surface area (Å²) in [6.45, 7) is 2.14. The first-order valence-electron chi connectivity index (χ1n) is 9.93. The molecule has 3 heterocycles. The molecule has 0 bridgehead atoms. The third-order valence-corrected chi connectivity index (χ3v) is 5.78. The lowest BCUT2D eigenvalue weighted by atomic mass is 9.83. The van der Waals surface area contributed by atoms with Gasteiger partial charge in [0.05, 0.1) is 6.33 Å². The number of nitrogens with one attached hydrogen (secondary N) is 1. The lowest BCUT2D eigenvalue weighted by Gasteiger charge is -2.47. The number of benzene rings is 1. The van der Waals surface area contributed by atoms with Crippen molar-refractivity contribution in [1.29, 1.82) is 0 Å². The van der Waals surface area contributed by atoms with Gasteiger partial charge in [-0.3, -0.25) is 9.59 Å². The molecule has 0 radical (unpaired) electrons. The highest BCUT2D eigenvalue weighted by Crippen LogP contribution is 2.31. The van der Waals surface area contributed by atoms with Crippen molar-refractivity contribution in [3.63, 3.8) is 0 Å². The van der Waals surface area contributed by atoms with E-state index in [2.05, 4.69) is 9.97 Å². The summed E-state index contributed by atoms with van der Waals surface area (Å²) < 4.78 is 5.61. The fourth-order valence-electron chi connectivity index (χ4n) is 4.28. The van der Waals surface area contributed by atoms with Crippen molar-refractivity contribution in [3.8, 4) is 5.75 Å². The van der Waals surface area contributed by atoms with Crippen molar-refractivity contribution in [3.05, 3.63) is 48.5 Å². The van der Waals surface area contributed by atoms with Gasteiger partial charge in [0, 0.05) is 50.4 Å². The molecule has 2 fully saturated rings. The van der Waals surface area contributed by atoms with Crippen LogP contribution in [0.2, 0.25) is 0 Å². The summed E-state index contributed by atoms with van der Waals surface area (Å²) in [6.07, 6.45) is 6.50. The Bertz CT molecular complexity index is 793. The van der Waals surface area contributed by atoms with E-state index in [1.807, 2.05) is 40.1 Å². The maximum absolute atomic E-state index is 12.6. The van der Waals surface area contributed by atoms with Gasteiger partial charge >= 0.3 is 0 Å². The van der Waals surface area contributed by atoms with Gasteiger partial charge in [0.1, 0.15) is 5.75 Å². The number of aromatic amines is 1. The van der Waals surface area contributed by atoms with E-state index in [1.54, 1.807) is 12.5 Å². The van der Waals surface area contributed by atoms with E-state index in [-0.39, 0.29) is 24.5 Å². The predicted molar refractivity (Wildman–Crippen MR) is 104 cm³/mol. The van der Waals surface area contributed by atoms with Crippen molar-refractivity contribution in [1.82, 2.24) is 19.8 Å². The molecule has 4 rings (SSSR count). The van der Waals surface area contributed by atoms with Crippen LogP contribution in [0, 0.1) is 5.92 Å². The monoisotopic (exact) mass is 382 g/mol. The van der Waals surface area contributed by atoms with Crippen LogP contribution in [-0.2, 0) is 16.0 Å². The maximum Gasteiger partial charge on any atom is 0.260 e. The molecule has 2 aromatic rings. The Morgan fingerprint density at radius 1 is 1.25 bits per heavy atom. The van der Waals surface area contributed by atoms with Gasteiger partial charge in [0.25, 0.3) is 5.91 Å². The first-order valence-corrected chi connectivity index (χ1v) is 9.93. The lowest BCUT2D eigenvalue weighted by Crippen LogP contribution is -2.57. The third-order valence-electron chi connectivity index (χ3n) is 5.78. The van der Waals surface area contributed by atoms with Crippen LogP contribution in [0.4, 0.5) is 0 Å². The number of piperidine rings is 2. The minimum absolute atomic E-state index is 0.0169. The Balaban J connectivity index is 1.32.